The highest BCUT2D eigenvalue weighted by molar-refractivity contribution is 6.29. The SMILES string of the molecule is CC(Oc1ccc(Cl)nc1)[C@H]1CCN1. The van der Waals surface area contributed by atoms with E-state index in [9.17, 15) is 0 Å². The second kappa shape index (κ2) is 4.15. The lowest BCUT2D eigenvalue weighted by atomic mass is 10.0. The van der Waals surface area contributed by atoms with Crippen LogP contribution in [0.2, 0.25) is 5.15 Å². The topological polar surface area (TPSA) is 34.1 Å². The van der Waals surface area contributed by atoms with Gasteiger partial charge < -0.3 is 10.1 Å². The van der Waals surface area contributed by atoms with Crippen LogP contribution < -0.4 is 10.1 Å². The van der Waals surface area contributed by atoms with Crippen molar-refractivity contribution in [1.29, 1.82) is 0 Å². The van der Waals surface area contributed by atoms with E-state index in [0.29, 0.717) is 11.2 Å². The highest BCUT2D eigenvalue weighted by Crippen LogP contribution is 2.17. The molecule has 2 rings (SSSR count). The van der Waals surface area contributed by atoms with Crippen molar-refractivity contribution in [1.82, 2.24) is 10.3 Å². The molecule has 0 aliphatic carbocycles. The molecule has 0 saturated carbocycles. The van der Waals surface area contributed by atoms with Gasteiger partial charge in [0.25, 0.3) is 0 Å². The molecule has 3 nitrogen and oxygen atoms in total. The van der Waals surface area contributed by atoms with Gasteiger partial charge in [-0.05, 0) is 32.0 Å². The van der Waals surface area contributed by atoms with Gasteiger partial charge in [0.15, 0.2) is 0 Å². The Morgan fingerprint density at radius 3 is 2.93 bits per heavy atom. The van der Waals surface area contributed by atoms with E-state index in [4.69, 9.17) is 16.3 Å². The Morgan fingerprint density at radius 1 is 1.64 bits per heavy atom. The van der Waals surface area contributed by atoms with Crippen LogP contribution in [0, 0.1) is 0 Å². The molecule has 0 aromatic carbocycles. The number of aromatic nitrogens is 1. The van der Waals surface area contributed by atoms with Crippen LogP contribution in [0.5, 0.6) is 5.75 Å². The summed E-state index contributed by atoms with van der Waals surface area (Å²) in [5.74, 6) is 0.774. The fourth-order valence-electron chi connectivity index (χ4n) is 1.44. The Balaban J connectivity index is 1.92. The minimum absolute atomic E-state index is 0.187. The summed E-state index contributed by atoms with van der Waals surface area (Å²) in [5, 5.41) is 3.80. The van der Waals surface area contributed by atoms with Crippen molar-refractivity contribution in [2.24, 2.45) is 0 Å². The third-order valence-electron chi connectivity index (χ3n) is 2.45. The van der Waals surface area contributed by atoms with E-state index in [1.54, 1.807) is 12.3 Å². The molecule has 0 spiro atoms. The second-order valence-corrected chi connectivity index (χ2v) is 3.88. The third kappa shape index (κ3) is 2.16. The molecule has 0 radical (unpaired) electrons. The minimum Gasteiger partial charge on any atom is -0.487 e. The van der Waals surface area contributed by atoms with Crippen molar-refractivity contribution in [3.63, 3.8) is 0 Å². The smallest absolute Gasteiger partial charge is 0.138 e. The first-order valence-electron chi connectivity index (χ1n) is 4.77. The van der Waals surface area contributed by atoms with Gasteiger partial charge in [-0.2, -0.15) is 0 Å². The molecule has 1 aliphatic heterocycles. The van der Waals surface area contributed by atoms with Gasteiger partial charge in [0.2, 0.25) is 0 Å². The lowest BCUT2D eigenvalue weighted by molar-refractivity contribution is 0.133. The van der Waals surface area contributed by atoms with Crippen molar-refractivity contribution in [2.75, 3.05) is 6.54 Å². The lowest BCUT2D eigenvalue weighted by Gasteiger charge is -2.33. The first-order chi connectivity index (χ1) is 6.75. The van der Waals surface area contributed by atoms with Crippen molar-refractivity contribution in [3.05, 3.63) is 23.5 Å². The van der Waals surface area contributed by atoms with Crippen LogP contribution in [0.4, 0.5) is 0 Å². The molecule has 1 aromatic rings. The summed E-state index contributed by atoms with van der Waals surface area (Å²) in [6.45, 7) is 3.16. The zero-order valence-electron chi connectivity index (χ0n) is 8.03. The number of hydrogen-bond donors (Lipinski definition) is 1. The zero-order chi connectivity index (χ0) is 9.97. The predicted octanol–water partition coefficient (Wildman–Crippen LogP) is 1.86. The summed E-state index contributed by atoms with van der Waals surface area (Å²) in [6, 6.07) is 4.05. The summed E-state index contributed by atoms with van der Waals surface area (Å²) in [4.78, 5) is 3.96. The number of hydrogen-bond acceptors (Lipinski definition) is 3. The number of rotatable bonds is 3. The Hall–Kier alpha value is -0.800. The largest absolute Gasteiger partial charge is 0.487 e. The number of ether oxygens (including phenoxy) is 1. The molecule has 4 heteroatoms. The maximum absolute atomic E-state index is 5.69. The molecule has 0 amide bonds. The van der Waals surface area contributed by atoms with Gasteiger partial charge in [0.1, 0.15) is 17.0 Å². The molecule has 14 heavy (non-hydrogen) atoms. The molecule has 1 aromatic heterocycles. The predicted molar refractivity (Wildman–Crippen MR) is 55.7 cm³/mol. The van der Waals surface area contributed by atoms with Crippen LogP contribution in [-0.2, 0) is 0 Å². The van der Waals surface area contributed by atoms with Crippen LogP contribution in [0.15, 0.2) is 18.3 Å². The van der Waals surface area contributed by atoms with E-state index < -0.39 is 0 Å². The molecule has 1 aliphatic rings. The van der Waals surface area contributed by atoms with Crippen LogP contribution >= 0.6 is 11.6 Å². The minimum atomic E-state index is 0.187. The van der Waals surface area contributed by atoms with Gasteiger partial charge in [-0.25, -0.2) is 4.98 Å². The van der Waals surface area contributed by atoms with E-state index >= 15 is 0 Å². The van der Waals surface area contributed by atoms with Crippen molar-refractivity contribution in [2.45, 2.75) is 25.5 Å². The van der Waals surface area contributed by atoms with E-state index in [-0.39, 0.29) is 6.10 Å². The van der Waals surface area contributed by atoms with Crippen molar-refractivity contribution < 1.29 is 4.74 Å². The van der Waals surface area contributed by atoms with E-state index in [1.165, 1.54) is 6.42 Å². The monoisotopic (exact) mass is 212 g/mol. The summed E-state index contributed by atoms with van der Waals surface area (Å²) in [7, 11) is 0. The highest BCUT2D eigenvalue weighted by atomic mass is 35.5. The average Bonchev–Trinajstić information content (AvgIpc) is 2.06. The highest BCUT2D eigenvalue weighted by Gasteiger charge is 2.24. The molecular weight excluding hydrogens is 200 g/mol. The maximum Gasteiger partial charge on any atom is 0.138 e. The summed E-state index contributed by atoms with van der Waals surface area (Å²) in [6.07, 6.45) is 3.02. The molecule has 1 fully saturated rings. The van der Waals surface area contributed by atoms with Gasteiger partial charge in [-0.15, -0.1) is 0 Å². The third-order valence-corrected chi connectivity index (χ3v) is 2.67. The second-order valence-electron chi connectivity index (χ2n) is 3.49. The Kier molecular flexibility index (Phi) is 2.89. The number of pyridine rings is 1. The van der Waals surface area contributed by atoms with Gasteiger partial charge >= 0.3 is 0 Å². The van der Waals surface area contributed by atoms with Gasteiger partial charge in [-0.3, -0.25) is 0 Å². The first-order valence-corrected chi connectivity index (χ1v) is 5.15. The summed E-state index contributed by atoms with van der Waals surface area (Å²) < 4.78 is 5.69. The van der Waals surface area contributed by atoms with Crippen LogP contribution in [-0.4, -0.2) is 23.7 Å². The average molecular weight is 213 g/mol. The van der Waals surface area contributed by atoms with Crippen LogP contribution in [0.3, 0.4) is 0 Å². The molecule has 1 saturated heterocycles. The maximum atomic E-state index is 5.69. The first kappa shape index (κ1) is 9.74. The molecule has 1 N–H and O–H groups in total. The number of nitrogens with one attached hydrogen (secondary N) is 1. The van der Waals surface area contributed by atoms with Crippen LogP contribution in [0.25, 0.3) is 0 Å². The molecule has 1 unspecified atom stereocenters. The lowest BCUT2D eigenvalue weighted by Crippen LogP contribution is -2.51. The summed E-state index contributed by atoms with van der Waals surface area (Å²) in [5.41, 5.74) is 0. The van der Waals surface area contributed by atoms with Crippen LogP contribution in [0.1, 0.15) is 13.3 Å². The fourth-order valence-corrected chi connectivity index (χ4v) is 1.55. The van der Waals surface area contributed by atoms with Gasteiger partial charge in [-0.1, -0.05) is 11.6 Å². The van der Waals surface area contributed by atoms with E-state index in [0.717, 1.165) is 12.3 Å². The van der Waals surface area contributed by atoms with Gasteiger partial charge in [0.05, 0.1) is 6.20 Å². The quantitative estimate of drug-likeness (QED) is 0.777. The molecule has 76 valence electrons. The van der Waals surface area contributed by atoms with E-state index in [2.05, 4.69) is 17.2 Å². The molecule has 2 heterocycles. The fraction of sp³-hybridized carbons (Fsp3) is 0.500. The molecular formula is C10H13ClN2O. The van der Waals surface area contributed by atoms with E-state index in [1.807, 2.05) is 6.07 Å². The standard InChI is InChI=1S/C10H13ClN2O/c1-7(9-4-5-12-9)14-8-2-3-10(11)13-6-8/h2-3,6-7,9,12H,4-5H2,1H3/t7?,9-/m1/s1. The van der Waals surface area contributed by atoms with Gasteiger partial charge in [0, 0.05) is 6.04 Å². The van der Waals surface area contributed by atoms with Crippen molar-refractivity contribution >= 4 is 11.6 Å². The summed E-state index contributed by atoms with van der Waals surface area (Å²) >= 11 is 5.67. The number of nitrogens with zero attached hydrogens (tertiary/aromatic N) is 1. The molecule has 2 atom stereocenters. The normalized spacial score (nSPS) is 22.6. The Bertz CT molecular complexity index is 297. The molecule has 0 bridgehead atoms. The Morgan fingerprint density at radius 2 is 2.43 bits per heavy atom. The number of halogens is 1. The van der Waals surface area contributed by atoms with Crippen molar-refractivity contribution in [3.8, 4) is 5.75 Å². The Labute approximate surface area is 88.4 Å². The zero-order valence-corrected chi connectivity index (χ0v) is 8.79.